The van der Waals surface area contributed by atoms with Gasteiger partial charge >= 0.3 is 5.97 Å². The highest BCUT2D eigenvalue weighted by Gasteiger charge is 2.41. The van der Waals surface area contributed by atoms with Crippen LogP contribution in [0.2, 0.25) is 5.02 Å². The maximum Gasteiger partial charge on any atom is 0.330 e. The fraction of sp³-hybridized carbons (Fsp3) is 0.350. The maximum absolute atomic E-state index is 12.2. The topological polar surface area (TPSA) is 70.8 Å². The highest BCUT2D eigenvalue weighted by Crippen LogP contribution is 2.36. The third-order valence-corrected chi connectivity index (χ3v) is 5.11. The van der Waals surface area contributed by atoms with E-state index in [1.165, 1.54) is 0 Å². The van der Waals surface area contributed by atoms with Crippen molar-refractivity contribution in [3.05, 3.63) is 59.1 Å². The van der Waals surface area contributed by atoms with E-state index >= 15 is 0 Å². The molecule has 0 radical (unpaired) electrons. The summed E-state index contributed by atoms with van der Waals surface area (Å²) < 4.78 is 11.2. The van der Waals surface area contributed by atoms with Gasteiger partial charge in [0.25, 0.3) is 0 Å². The maximum atomic E-state index is 12.2. The molecule has 26 heavy (non-hydrogen) atoms. The summed E-state index contributed by atoms with van der Waals surface area (Å²) in [5.74, 6) is 6.28. The van der Waals surface area contributed by atoms with Gasteiger partial charge in [0.05, 0.1) is 5.41 Å². The Morgan fingerprint density at radius 3 is 2.19 bits per heavy atom. The Hall–Kier alpha value is -2.08. The fourth-order valence-electron chi connectivity index (χ4n) is 3.19. The zero-order chi connectivity index (χ0) is 18.4. The number of ether oxygens (including phenoxy) is 2. The molecule has 5 nitrogen and oxygen atoms in total. The molecular weight excluding hydrogens is 354 g/mol. The number of halogens is 1. The van der Waals surface area contributed by atoms with Crippen molar-refractivity contribution < 1.29 is 19.1 Å². The van der Waals surface area contributed by atoms with Gasteiger partial charge in [-0.25, -0.2) is 4.79 Å². The van der Waals surface area contributed by atoms with E-state index in [0.29, 0.717) is 37.5 Å². The normalized spacial score (nSPS) is 16.1. The van der Waals surface area contributed by atoms with Gasteiger partial charge in [0.1, 0.15) is 11.5 Å². The first kappa shape index (κ1) is 18.7. The first-order chi connectivity index (χ1) is 12.6. The second-order valence-electron chi connectivity index (χ2n) is 6.50. The molecule has 1 saturated heterocycles. The third kappa shape index (κ3) is 4.55. The molecule has 3 rings (SSSR count). The van der Waals surface area contributed by atoms with Gasteiger partial charge in [0.15, 0.2) is 0 Å². The molecule has 0 unspecified atom stereocenters. The van der Waals surface area contributed by atoms with Crippen molar-refractivity contribution in [1.29, 1.82) is 0 Å². The van der Waals surface area contributed by atoms with Crippen LogP contribution >= 0.6 is 11.6 Å². The molecule has 2 aromatic rings. The van der Waals surface area contributed by atoms with Crippen LogP contribution in [0.15, 0.2) is 48.5 Å². The summed E-state index contributed by atoms with van der Waals surface area (Å²) in [6.45, 7) is 1.12. The monoisotopic (exact) mass is 375 g/mol. The number of rotatable bonds is 6. The average Bonchev–Trinajstić information content (AvgIpc) is 2.69. The SMILES string of the molecule is NOC(=O)C1(CCc2ccc(Oc3ccc(Cl)cc3)cc2)CCOCC1. The molecule has 0 spiro atoms. The first-order valence-corrected chi connectivity index (χ1v) is 9.00. The van der Waals surface area contributed by atoms with Crippen LogP contribution in [0.3, 0.4) is 0 Å². The third-order valence-electron chi connectivity index (χ3n) is 4.85. The summed E-state index contributed by atoms with van der Waals surface area (Å²) in [6, 6.07) is 15.1. The van der Waals surface area contributed by atoms with Crippen LogP contribution in [-0.4, -0.2) is 19.2 Å². The molecule has 1 aliphatic heterocycles. The molecule has 1 aliphatic rings. The van der Waals surface area contributed by atoms with E-state index in [1.807, 2.05) is 36.4 Å². The second kappa shape index (κ2) is 8.54. The Balaban J connectivity index is 1.61. The number of carbonyl (C=O) groups is 1. The van der Waals surface area contributed by atoms with Gasteiger partial charge in [-0.2, -0.15) is 5.90 Å². The lowest BCUT2D eigenvalue weighted by Crippen LogP contribution is -2.40. The largest absolute Gasteiger partial charge is 0.457 e. The Morgan fingerprint density at radius 1 is 1.04 bits per heavy atom. The van der Waals surface area contributed by atoms with Crippen LogP contribution < -0.4 is 10.6 Å². The molecule has 1 heterocycles. The quantitative estimate of drug-likeness (QED) is 0.763. The summed E-state index contributed by atoms with van der Waals surface area (Å²) >= 11 is 5.87. The first-order valence-electron chi connectivity index (χ1n) is 8.63. The van der Waals surface area contributed by atoms with Crippen molar-refractivity contribution in [2.45, 2.75) is 25.7 Å². The zero-order valence-electron chi connectivity index (χ0n) is 14.4. The molecule has 2 N–H and O–H groups in total. The molecular formula is C20H22ClNO4. The molecule has 0 aromatic heterocycles. The molecule has 0 aliphatic carbocycles. The highest BCUT2D eigenvalue weighted by atomic mass is 35.5. The molecule has 0 amide bonds. The molecule has 2 aromatic carbocycles. The molecule has 1 fully saturated rings. The summed E-state index contributed by atoms with van der Waals surface area (Å²) in [4.78, 5) is 16.7. The van der Waals surface area contributed by atoms with Crippen molar-refractivity contribution >= 4 is 17.6 Å². The summed E-state index contributed by atoms with van der Waals surface area (Å²) in [7, 11) is 0. The van der Waals surface area contributed by atoms with Crippen LogP contribution in [0, 0.1) is 5.41 Å². The van der Waals surface area contributed by atoms with Crippen LogP contribution in [0.25, 0.3) is 0 Å². The van der Waals surface area contributed by atoms with Gasteiger partial charge in [-0.3, -0.25) is 0 Å². The van der Waals surface area contributed by atoms with E-state index in [0.717, 1.165) is 23.5 Å². The van der Waals surface area contributed by atoms with Crippen molar-refractivity contribution in [1.82, 2.24) is 0 Å². The van der Waals surface area contributed by atoms with Gasteiger partial charge in [-0.05, 0) is 67.6 Å². The van der Waals surface area contributed by atoms with Gasteiger partial charge in [-0.1, -0.05) is 23.7 Å². The van der Waals surface area contributed by atoms with E-state index < -0.39 is 5.41 Å². The standard InChI is InChI=1S/C20H22ClNO4/c21-16-3-7-18(8-4-16)25-17-5-1-15(2-6-17)9-10-20(19(23)26-22)11-13-24-14-12-20/h1-8H,9-14,22H2. The Kier molecular flexibility index (Phi) is 6.14. The van der Waals surface area contributed by atoms with E-state index in [2.05, 4.69) is 4.84 Å². The minimum Gasteiger partial charge on any atom is -0.457 e. The van der Waals surface area contributed by atoms with Crippen LogP contribution in [0.4, 0.5) is 0 Å². The number of aryl methyl sites for hydroxylation is 1. The summed E-state index contributed by atoms with van der Waals surface area (Å²) in [6.07, 6.45) is 2.72. The van der Waals surface area contributed by atoms with Crippen LogP contribution in [0.5, 0.6) is 11.5 Å². The summed E-state index contributed by atoms with van der Waals surface area (Å²) in [5.41, 5.74) is 0.579. The Labute approximate surface area is 158 Å². The minimum absolute atomic E-state index is 0.344. The Morgan fingerprint density at radius 2 is 1.62 bits per heavy atom. The van der Waals surface area contributed by atoms with Gasteiger partial charge < -0.3 is 14.3 Å². The van der Waals surface area contributed by atoms with E-state index in [9.17, 15) is 4.79 Å². The molecule has 138 valence electrons. The van der Waals surface area contributed by atoms with E-state index in [4.69, 9.17) is 27.0 Å². The van der Waals surface area contributed by atoms with Gasteiger partial charge in [0, 0.05) is 18.2 Å². The second-order valence-corrected chi connectivity index (χ2v) is 6.93. The minimum atomic E-state index is -0.550. The molecule has 0 bridgehead atoms. The van der Waals surface area contributed by atoms with Crippen LogP contribution in [0.1, 0.15) is 24.8 Å². The summed E-state index contributed by atoms with van der Waals surface area (Å²) in [5, 5.41) is 0.672. The lowest BCUT2D eigenvalue weighted by molar-refractivity contribution is -0.163. The van der Waals surface area contributed by atoms with Crippen molar-refractivity contribution in [3.63, 3.8) is 0 Å². The fourth-order valence-corrected chi connectivity index (χ4v) is 3.32. The number of carbonyl (C=O) groups excluding carboxylic acids is 1. The average molecular weight is 376 g/mol. The molecule has 0 saturated carbocycles. The smallest absolute Gasteiger partial charge is 0.330 e. The lowest BCUT2D eigenvalue weighted by Gasteiger charge is -2.34. The van der Waals surface area contributed by atoms with E-state index in [-0.39, 0.29) is 5.97 Å². The van der Waals surface area contributed by atoms with Crippen molar-refractivity contribution in [3.8, 4) is 11.5 Å². The number of benzene rings is 2. The Bertz CT molecular complexity index is 724. The number of hydrogen-bond acceptors (Lipinski definition) is 5. The molecule has 0 atom stereocenters. The predicted molar refractivity (Wildman–Crippen MR) is 99.1 cm³/mol. The lowest BCUT2D eigenvalue weighted by atomic mass is 9.75. The van der Waals surface area contributed by atoms with Gasteiger partial charge in [0.2, 0.25) is 0 Å². The zero-order valence-corrected chi connectivity index (χ0v) is 15.2. The van der Waals surface area contributed by atoms with Gasteiger partial charge in [-0.15, -0.1) is 0 Å². The van der Waals surface area contributed by atoms with Crippen molar-refractivity contribution in [2.75, 3.05) is 13.2 Å². The van der Waals surface area contributed by atoms with E-state index in [1.54, 1.807) is 12.1 Å². The predicted octanol–water partition coefficient (Wildman–Crippen LogP) is 4.28. The number of hydrogen-bond donors (Lipinski definition) is 1. The van der Waals surface area contributed by atoms with Crippen molar-refractivity contribution in [2.24, 2.45) is 11.3 Å². The molecule has 6 heteroatoms. The van der Waals surface area contributed by atoms with Crippen LogP contribution in [-0.2, 0) is 20.8 Å². The number of nitrogens with two attached hydrogens (primary N) is 1. The highest BCUT2D eigenvalue weighted by molar-refractivity contribution is 6.30.